The van der Waals surface area contributed by atoms with Crippen molar-refractivity contribution >= 4 is 17.1 Å². The van der Waals surface area contributed by atoms with E-state index in [1.165, 1.54) is 10.9 Å². The van der Waals surface area contributed by atoms with Gasteiger partial charge in [0, 0.05) is 12.1 Å². The summed E-state index contributed by atoms with van der Waals surface area (Å²) in [7, 11) is 0. The number of rotatable bonds is 4. The highest BCUT2D eigenvalue weighted by atomic mass is 16.5. The van der Waals surface area contributed by atoms with Crippen molar-refractivity contribution in [1.82, 2.24) is 14.7 Å². The summed E-state index contributed by atoms with van der Waals surface area (Å²) in [4.78, 5) is 27.1. The maximum absolute atomic E-state index is 12.3. The Labute approximate surface area is 131 Å². The average Bonchev–Trinajstić information content (AvgIpc) is 2.94. The Kier molecular flexibility index (Phi) is 3.69. The average molecular weight is 313 g/mol. The molecular formula is C16H15N3O4. The van der Waals surface area contributed by atoms with Crippen LogP contribution in [-0.2, 0) is 11.3 Å². The lowest BCUT2D eigenvalue weighted by Gasteiger charge is -2.03. The molecule has 0 saturated carbocycles. The molecule has 0 amide bonds. The number of nitrogens with zero attached hydrogens (tertiary/aromatic N) is 3. The molecule has 1 N–H and O–H groups in total. The van der Waals surface area contributed by atoms with Crippen molar-refractivity contribution in [1.29, 1.82) is 0 Å². The van der Waals surface area contributed by atoms with Crippen molar-refractivity contribution in [2.45, 2.75) is 26.8 Å². The number of benzene rings is 1. The molecule has 118 valence electrons. The van der Waals surface area contributed by atoms with E-state index < -0.39 is 11.5 Å². The maximum Gasteiger partial charge on any atom is 0.305 e. The molecule has 2 aromatic heterocycles. The second-order valence-electron chi connectivity index (χ2n) is 5.39. The van der Waals surface area contributed by atoms with Crippen LogP contribution < -0.4 is 5.56 Å². The third kappa shape index (κ3) is 2.73. The number of carboxylic acids is 1. The lowest BCUT2D eigenvalue weighted by atomic mass is 10.0. The van der Waals surface area contributed by atoms with E-state index in [0.29, 0.717) is 11.2 Å². The van der Waals surface area contributed by atoms with Gasteiger partial charge in [-0.3, -0.25) is 14.2 Å². The summed E-state index contributed by atoms with van der Waals surface area (Å²) >= 11 is 0. The molecule has 0 aliphatic heterocycles. The molecule has 0 unspecified atom stereocenters. The zero-order chi connectivity index (χ0) is 16.6. The van der Waals surface area contributed by atoms with E-state index in [4.69, 9.17) is 9.63 Å². The van der Waals surface area contributed by atoms with Crippen molar-refractivity contribution in [2.75, 3.05) is 0 Å². The molecule has 1 aromatic carbocycles. The Morgan fingerprint density at radius 1 is 1.30 bits per heavy atom. The number of aryl methyl sites for hydroxylation is 3. The standard InChI is InChI=1S/C16H15N3O4/c1-9-3-4-11(7-10(9)2)13-14-15(23-18-13)16(22)19(8-17-14)6-5-12(20)21/h3-4,7-8H,5-6H2,1-2H3,(H,20,21). The van der Waals surface area contributed by atoms with Gasteiger partial charge in [0.2, 0.25) is 0 Å². The highest BCUT2D eigenvalue weighted by molar-refractivity contribution is 5.87. The van der Waals surface area contributed by atoms with Gasteiger partial charge < -0.3 is 9.63 Å². The molecule has 0 atom stereocenters. The van der Waals surface area contributed by atoms with Gasteiger partial charge in [-0.25, -0.2) is 4.98 Å². The van der Waals surface area contributed by atoms with Crippen LogP contribution >= 0.6 is 0 Å². The predicted octanol–water partition coefficient (Wildman–Crippen LogP) is 2.14. The van der Waals surface area contributed by atoms with E-state index in [2.05, 4.69) is 10.1 Å². The van der Waals surface area contributed by atoms with Gasteiger partial charge >= 0.3 is 5.97 Å². The summed E-state index contributed by atoms with van der Waals surface area (Å²) in [6.07, 6.45) is 1.17. The highest BCUT2D eigenvalue weighted by Crippen LogP contribution is 2.26. The second-order valence-corrected chi connectivity index (χ2v) is 5.39. The smallest absolute Gasteiger partial charge is 0.305 e. The van der Waals surface area contributed by atoms with Gasteiger partial charge in [-0.2, -0.15) is 0 Å². The SMILES string of the molecule is Cc1ccc(-c2noc3c(=O)n(CCC(=O)O)cnc23)cc1C. The topological polar surface area (TPSA) is 98.2 Å². The molecule has 7 nitrogen and oxygen atoms in total. The first-order chi connectivity index (χ1) is 11.0. The maximum atomic E-state index is 12.3. The minimum atomic E-state index is -0.981. The van der Waals surface area contributed by atoms with Crippen LogP contribution in [-0.4, -0.2) is 25.8 Å². The summed E-state index contributed by atoms with van der Waals surface area (Å²) in [6.45, 7) is 4.05. The first kappa shape index (κ1) is 15.0. The molecule has 3 aromatic rings. The van der Waals surface area contributed by atoms with Crippen LogP contribution in [0.2, 0.25) is 0 Å². The lowest BCUT2D eigenvalue weighted by molar-refractivity contribution is -0.137. The molecule has 2 heterocycles. The Hall–Kier alpha value is -2.96. The van der Waals surface area contributed by atoms with Gasteiger partial charge in [0.05, 0.1) is 12.7 Å². The minimum Gasteiger partial charge on any atom is -0.481 e. The summed E-state index contributed by atoms with van der Waals surface area (Å²) in [6, 6.07) is 5.83. The van der Waals surface area contributed by atoms with Gasteiger partial charge in [-0.15, -0.1) is 0 Å². The number of aliphatic carboxylic acids is 1. The molecule has 0 fully saturated rings. The quantitative estimate of drug-likeness (QED) is 0.792. The van der Waals surface area contributed by atoms with Gasteiger partial charge in [0.15, 0.2) is 0 Å². The van der Waals surface area contributed by atoms with E-state index in [-0.39, 0.29) is 18.5 Å². The first-order valence-electron chi connectivity index (χ1n) is 7.11. The zero-order valence-corrected chi connectivity index (χ0v) is 12.7. The number of hydrogen-bond acceptors (Lipinski definition) is 5. The van der Waals surface area contributed by atoms with Crippen molar-refractivity contribution < 1.29 is 14.4 Å². The summed E-state index contributed by atoms with van der Waals surface area (Å²) in [5.74, 6) is -0.981. The van der Waals surface area contributed by atoms with Crippen molar-refractivity contribution in [3.8, 4) is 11.3 Å². The van der Waals surface area contributed by atoms with Gasteiger partial charge in [-0.05, 0) is 31.0 Å². The second kappa shape index (κ2) is 5.68. The minimum absolute atomic E-state index is 0.0334. The molecule has 0 spiro atoms. The molecule has 0 aliphatic rings. The van der Waals surface area contributed by atoms with E-state index in [0.717, 1.165) is 16.7 Å². The normalized spacial score (nSPS) is 11.0. The fourth-order valence-electron chi connectivity index (χ4n) is 2.31. The van der Waals surface area contributed by atoms with Crippen LogP contribution in [0, 0.1) is 13.8 Å². The number of carbonyl (C=O) groups is 1. The van der Waals surface area contributed by atoms with Gasteiger partial charge in [0.1, 0.15) is 11.2 Å². The van der Waals surface area contributed by atoms with Crippen LogP contribution in [0.25, 0.3) is 22.4 Å². The molecular weight excluding hydrogens is 298 g/mol. The molecule has 23 heavy (non-hydrogen) atoms. The summed E-state index contributed by atoms with van der Waals surface area (Å²) < 4.78 is 6.37. The number of aromatic nitrogens is 3. The Balaban J connectivity index is 2.08. The van der Waals surface area contributed by atoms with Crippen LogP contribution in [0.1, 0.15) is 17.5 Å². The van der Waals surface area contributed by atoms with Gasteiger partial charge in [0.25, 0.3) is 11.1 Å². The van der Waals surface area contributed by atoms with E-state index in [1.54, 1.807) is 0 Å². The molecule has 0 bridgehead atoms. The highest BCUT2D eigenvalue weighted by Gasteiger charge is 2.17. The van der Waals surface area contributed by atoms with Crippen molar-refractivity contribution in [3.63, 3.8) is 0 Å². The number of fused-ring (bicyclic) bond motifs is 1. The molecule has 0 aliphatic carbocycles. The fourth-order valence-corrected chi connectivity index (χ4v) is 2.31. The summed E-state index contributed by atoms with van der Waals surface area (Å²) in [5, 5.41) is 12.7. The molecule has 3 rings (SSSR count). The molecule has 0 saturated heterocycles. The van der Waals surface area contributed by atoms with E-state index in [9.17, 15) is 9.59 Å². The first-order valence-corrected chi connectivity index (χ1v) is 7.11. The monoisotopic (exact) mass is 313 g/mol. The van der Waals surface area contributed by atoms with Crippen LogP contribution in [0.5, 0.6) is 0 Å². The Bertz CT molecular complexity index is 956. The third-order valence-electron chi connectivity index (χ3n) is 3.80. The fraction of sp³-hybridized carbons (Fsp3) is 0.250. The Morgan fingerprint density at radius 3 is 2.78 bits per heavy atom. The van der Waals surface area contributed by atoms with Crippen molar-refractivity contribution in [3.05, 3.63) is 46.0 Å². The lowest BCUT2D eigenvalue weighted by Crippen LogP contribution is -2.21. The largest absolute Gasteiger partial charge is 0.481 e. The third-order valence-corrected chi connectivity index (χ3v) is 3.80. The Morgan fingerprint density at radius 2 is 2.09 bits per heavy atom. The number of hydrogen-bond donors (Lipinski definition) is 1. The van der Waals surface area contributed by atoms with Crippen molar-refractivity contribution in [2.24, 2.45) is 0 Å². The molecule has 7 heteroatoms. The van der Waals surface area contributed by atoms with E-state index in [1.807, 2.05) is 32.0 Å². The van der Waals surface area contributed by atoms with Crippen LogP contribution in [0.15, 0.2) is 33.8 Å². The van der Waals surface area contributed by atoms with Crippen LogP contribution in [0.3, 0.4) is 0 Å². The van der Waals surface area contributed by atoms with Crippen LogP contribution in [0.4, 0.5) is 0 Å². The number of carboxylic acid groups (broad SMARTS) is 1. The van der Waals surface area contributed by atoms with Gasteiger partial charge in [-0.1, -0.05) is 17.3 Å². The molecule has 0 radical (unpaired) electrons. The van der Waals surface area contributed by atoms with E-state index >= 15 is 0 Å². The zero-order valence-electron chi connectivity index (χ0n) is 12.7. The predicted molar refractivity (Wildman–Crippen MR) is 83.2 cm³/mol. The summed E-state index contributed by atoms with van der Waals surface area (Å²) in [5.41, 5.74) is 3.57.